The smallest absolute Gasteiger partial charge is 0.174 e. The standard InChI is InChI=1S/C18H20N4O/c1-2-23-16-9-6-5-8-14(16)12-15(13-19)18-21-20-17-10-4-3-7-11-22(17)18/h5-6,8-9,12H,2-4,7,10-11H2,1H3. The second-order valence-electron chi connectivity index (χ2n) is 5.54. The summed E-state index contributed by atoms with van der Waals surface area (Å²) < 4.78 is 7.72. The Labute approximate surface area is 136 Å². The van der Waals surface area contributed by atoms with E-state index in [9.17, 15) is 5.26 Å². The minimum Gasteiger partial charge on any atom is -0.493 e. The summed E-state index contributed by atoms with van der Waals surface area (Å²) in [7, 11) is 0. The predicted molar refractivity (Wildman–Crippen MR) is 88.7 cm³/mol. The molecular formula is C18H20N4O. The maximum atomic E-state index is 9.61. The molecule has 118 valence electrons. The van der Waals surface area contributed by atoms with E-state index in [4.69, 9.17) is 4.74 Å². The van der Waals surface area contributed by atoms with E-state index in [1.165, 1.54) is 6.42 Å². The number of nitriles is 1. The van der Waals surface area contributed by atoms with Crippen molar-refractivity contribution >= 4 is 11.6 Å². The van der Waals surface area contributed by atoms with Crippen LogP contribution in [0.4, 0.5) is 0 Å². The van der Waals surface area contributed by atoms with Gasteiger partial charge in [-0.25, -0.2) is 0 Å². The second kappa shape index (κ2) is 7.10. The van der Waals surface area contributed by atoms with Crippen LogP contribution in [0.15, 0.2) is 24.3 Å². The van der Waals surface area contributed by atoms with Crippen molar-refractivity contribution in [3.8, 4) is 11.8 Å². The molecule has 1 aromatic carbocycles. The molecule has 0 aliphatic carbocycles. The van der Waals surface area contributed by atoms with Crippen molar-refractivity contribution in [2.75, 3.05) is 6.61 Å². The molecule has 5 nitrogen and oxygen atoms in total. The molecule has 2 heterocycles. The maximum absolute atomic E-state index is 9.61. The van der Waals surface area contributed by atoms with Crippen LogP contribution >= 0.6 is 0 Å². The van der Waals surface area contributed by atoms with Crippen LogP contribution in [0.3, 0.4) is 0 Å². The van der Waals surface area contributed by atoms with Crippen LogP contribution in [0, 0.1) is 11.3 Å². The lowest BCUT2D eigenvalue weighted by atomic mass is 10.1. The Morgan fingerprint density at radius 3 is 3.00 bits per heavy atom. The van der Waals surface area contributed by atoms with E-state index in [2.05, 4.69) is 20.8 Å². The normalized spacial score (nSPS) is 14.7. The van der Waals surface area contributed by atoms with Gasteiger partial charge in [-0.2, -0.15) is 5.26 Å². The van der Waals surface area contributed by atoms with Crippen LogP contribution in [0.5, 0.6) is 5.75 Å². The van der Waals surface area contributed by atoms with Crippen molar-refractivity contribution in [3.63, 3.8) is 0 Å². The van der Waals surface area contributed by atoms with Crippen LogP contribution in [0.2, 0.25) is 0 Å². The number of para-hydroxylation sites is 1. The summed E-state index contributed by atoms with van der Waals surface area (Å²) in [5.74, 6) is 2.42. The Morgan fingerprint density at radius 2 is 2.17 bits per heavy atom. The van der Waals surface area contributed by atoms with Crippen LogP contribution < -0.4 is 4.74 Å². The highest BCUT2D eigenvalue weighted by molar-refractivity contribution is 5.88. The summed E-state index contributed by atoms with van der Waals surface area (Å²) in [6.07, 6.45) is 6.21. The van der Waals surface area contributed by atoms with Gasteiger partial charge < -0.3 is 9.30 Å². The molecule has 0 saturated heterocycles. The summed E-state index contributed by atoms with van der Waals surface area (Å²) >= 11 is 0. The summed E-state index contributed by atoms with van der Waals surface area (Å²) in [5, 5.41) is 18.2. The SMILES string of the molecule is CCOc1ccccc1C=C(C#N)c1nnc2n1CCCCC2. The van der Waals surface area contributed by atoms with Gasteiger partial charge in [0.1, 0.15) is 17.6 Å². The molecule has 1 aromatic heterocycles. The number of rotatable bonds is 4. The van der Waals surface area contributed by atoms with E-state index in [0.717, 1.165) is 42.9 Å². The van der Waals surface area contributed by atoms with Crippen LogP contribution in [-0.4, -0.2) is 21.4 Å². The molecule has 0 atom stereocenters. The van der Waals surface area contributed by atoms with Crippen molar-refractivity contribution in [3.05, 3.63) is 41.5 Å². The molecule has 0 radical (unpaired) electrons. The van der Waals surface area contributed by atoms with Crippen molar-refractivity contribution in [2.24, 2.45) is 0 Å². The Morgan fingerprint density at radius 1 is 1.30 bits per heavy atom. The van der Waals surface area contributed by atoms with Gasteiger partial charge in [0.25, 0.3) is 0 Å². The van der Waals surface area contributed by atoms with E-state index in [0.29, 0.717) is 18.0 Å². The van der Waals surface area contributed by atoms with Gasteiger partial charge in [-0.15, -0.1) is 10.2 Å². The zero-order valence-electron chi connectivity index (χ0n) is 13.3. The molecule has 2 aromatic rings. The average molecular weight is 308 g/mol. The molecule has 1 aliphatic rings. The van der Waals surface area contributed by atoms with E-state index >= 15 is 0 Å². The largest absolute Gasteiger partial charge is 0.493 e. The minimum absolute atomic E-state index is 0.526. The van der Waals surface area contributed by atoms with Gasteiger partial charge in [0.05, 0.1) is 12.2 Å². The fourth-order valence-electron chi connectivity index (χ4n) is 2.87. The van der Waals surface area contributed by atoms with Crippen molar-refractivity contribution < 1.29 is 4.74 Å². The molecule has 0 spiro atoms. The van der Waals surface area contributed by atoms with Crippen LogP contribution in [-0.2, 0) is 13.0 Å². The number of aryl methyl sites for hydroxylation is 1. The highest BCUT2D eigenvalue weighted by Crippen LogP contribution is 2.25. The summed E-state index contributed by atoms with van der Waals surface area (Å²) in [6.45, 7) is 3.42. The topological polar surface area (TPSA) is 63.7 Å². The summed E-state index contributed by atoms with van der Waals surface area (Å²) in [4.78, 5) is 0. The van der Waals surface area contributed by atoms with Gasteiger partial charge in [0.2, 0.25) is 0 Å². The summed E-state index contributed by atoms with van der Waals surface area (Å²) in [6, 6.07) is 10.00. The predicted octanol–water partition coefficient (Wildman–Crippen LogP) is 3.47. The van der Waals surface area contributed by atoms with Crippen LogP contribution in [0.25, 0.3) is 11.6 Å². The van der Waals surface area contributed by atoms with Gasteiger partial charge >= 0.3 is 0 Å². The molecule has 0 N–H and O–H groups in total. The molecule has 3 rings (SSSR count). The Hall–Kier alpha value is -2.61. The van der Waals surface area contributed by atoms with Gasteiger partial charge in [-0.05, 0) is 31.9 Å². The summed E-state index contributed by atoms with van der Waals surface area (Å²) in [5.41, 5.74) is 1.41. The molecule has 0 unspecified atom stereocenters. The van der Waals surface area contributed by atoms with E-state index in [1.54, 1.807) is 0 Å². The highest BCUT2D eigenvalue weighted by atomic mass is 16.5. The van der Waals surface area contributed by atoms with Gasteiger partial charge in [-0.3, -0.25) is 0 Å². The molecule has 23 heavy (non-hydrogen) atoms. The van der Waals surface area contributed by atoms with Gasteiger partial charge in [0.15, 0.2) is 5.82 Å². The Kier molecular flexibility index (Phi) is 4.72. The number of hydrogen-bond acceptors (Lipinski definition) is 4. The number of aromatic nitrogens is 3. The third kappa shape index (κ3) is 3.26. The zero-order valence-corrected chi connectivity index (χ0v) is 13.3. The quantitative estimate of drug-likeness (QED) is 0.811. The first kappa shape index (κ1) is 15.3. The molecule has 0 amide bonds. The first-order valence-electron chi connectivity index (χ1n) is 8.09. The zero-order chi connectivity index (χ0) is 16.1. The number of nitrogens with zero attached hydrogens (tertiary/aromatic N) is 4. The number of fused-ring (bicyclic) bond motifs is 1. The minimum atomic E-state index is 0.526. The first-order chi connectivity index (χ1) is 11.3. The molecule has 0 bridgehead atoms. The molecule has 5 heteroatoms. The van der Waals surface area contributed by atoms with Crippen molar-refractivity contribution in [1.82, 2.24) is 14.8 Å². The van der Waals surface area contributed by atoms with Crippen LogP contribution in [0.1, 0.15) is 43.4 Å². The van der Waals surface area contributed by atoms with E-state index in [1.807, 2.05) is 37.3 Å². The molecule has 1 aliphatic heterocycles. The van der Waals surface area contributed by atoms with Crippen molar-refractivity contribution in [2.45, 2.75) is 39.2 Å². The maximum Gasteiger partial charge on any atom is 0.174 e. The van der Waals surface area contributed by atoms with Crippen molar-refractivity contribution in [1.29, 1.82) is 5.26 Å². The lowest BCUT2D eigenvalue weighted by Crippen LogP contribution is -2.05. The number of allylic oxidation sites excluding steroid dienone is 1. The van der Waals surface area contributed by atoms with E-state index < -0.39 is 0 Å². The monoisotopic (exact) mass is 308 g/mol. The lowest BCUT2D eigenvalue weighted by Gasteiger charge is -2.08. The van der Waals surface area contributed by atoms with Gasteiger partial charge in [-0.1, -0.05) is 24.6 Å². The molecule has 0 fully saturated rings. The fraction of sp³-hybridized carbons (Fsp3) is 0.389. The first-order valence-corrected chi connectivity index (χ1v) is 8.09. The number of ether oxygens (including phenoxy) is 1. The number of hydrogen-bond donors (Lipinski definition) is 0. The Bertz CT molecular complexity index is 755. The molecular weight excluding hydrogens is 288 g/mol. The third-order valence-electron chi connectivity index (χ3n) is 3.99. The highest BCUT2D eigenvalue weighted by Gasteiger charge is 2.18. The second-order valence-corrected chi connectivity index (χ2v) is 5.54. The lowest BCUT2D eigenvalue weighted by molar-refractivity contribution is 0.339. The average Bonchev–Trinajstić information content (AvgIpc) is 2.82. The van der Waals surface area contributed by atoms with E-state index in [-0.39, 0.29) is 0 Å². The van der Waals surface area contributed by atoms with Gasteiger partial charge in [0, 0.05) is 18.5 Å². The Balaban J connectivity index is 2.01. The fourth-order valence-corrected chi connectivity index (χ4v) is 2.87. The molecule has 0 saturated carbocycles. The third-order valence-corrected chi connectivity index (χ3v) is 3.99. The number of benzene rings is 1.